The van der Waals surface area contributed by atoms with Crippen molar-refractivity contribution >= 4 is 21.7 Å². The van der Waals surface area contributed by atoms with Crippen LogP contribution in [0, 0.1) is 11.3 Å². The van der Waals surface area contributed by atoms with Gasteiger partial charge >= 0.3 is 0 Å². The number of hydrogen-bond acceptors (Lipinski definition) is 5. The van der Waals surface area contributed by atoms with Gasteiger partial charge in [-0.2, -0.15) is 0 Å². The van der Waals surface area contributed by atoms with E-state index in [1.165, 1.54) is 12.3 Å². The average molecular weight is 444 g/mol. The molecule has 7 nitrogen and oxygen atoms in total. The molecule has 1 aromatic carbocycles. The molecule has 0 radical (unpaired) electrons. The molecule has 31 heavy (non-hydrogen) atoms. The zero-order valence-electron chi connectivity index (χ0n) is 18.5. The Labute approximate surface area is 183 Å². The fourth-order valence-corrected chi connectivity index (χ4v) is 5.29. The van der Waals surface area contributed by atoms with Crippen LogP contribution in [0.4, 0.5) is 0 Å². The van der Waals surface area contributed by atoms with E-state index in [1.54, 1.807) is 51.1 Å². The van der Waals surface area contributed by atoms with Gasteiger partial charge in [0.25, 0.3) is 10.0 Å². The van der Waals surface area contributed by atoms with E-state index in [1.807, 2.05) is 19.9 Å². The zero-order valence-corrected chi connectivity index (χ0v) is 19.3. The summed E-state index contributed by atoms with van der Waals surface area (Å²) < 4.78 is 27.5. The molecule has 1 heterocycles. The second-order valence-electron chi connectivity index (χ2n) is 9.57. The maximum atomic E-state index is 12.7. The van der Waals surface area contributed by atoms with Crippen LogP contribution < -0.4 is 10.0 Å². The Kier molecular flexibility index (Phi) is 6.08. The third-order valence-electron chi connectivity index (χ3n) is 5.46. The van der Waals surface area contributed by atoms with Gasteiger partial charge in [-0.05, 0) is 37.8 Å². The Morgan fingerprint density at radius 2 is 1.71 bits per heavy atom. The number of benzene rings is 1. The summed E-state index contributed by atoms with van der Waals surface area (Å²) in [7, 11) is -3.72. The van der Waals surface area contributed by atoms with Crippen LogP contribution in [0.25, 0.3) is 0 Å². The lowest BCUT2D eigenvalue weighted by molar-refractivity contribution is -0.122. The van der Waals surface area contributed by atoms with E-state index in [4.69, 9.17) is 0 Å². The van der Waals surface area contributed by atoms with Gasteiger partial charge in [-0.15, -0.1) is 0 Å². The molecule has 0 bridgehead atoms. The highest BCUT2D eigenvalue weighted by Gasteiger charge is 2.62. The molecule has 1 amide bonds. The fraction of sp³-hybridized carbons (Fsp3) is 0.435. The lowest BCUT2D eigenvalue weighted by Crippen LogP contribution is -2.40. The van der Waals surface area contributed by atoms with Crippen LogP contribution in [0.3, 0.4) is 0 Å². The topological polar surface area (TPSA) is 105 Å². The molecule has 0 aliphatic heterocycles. The van der Waals surface area contributed by atoms with E-state index in [9.17, 15) is 18.0 Å². The van der Waals surface area contributed by atoms with E-state index < -0.39 is 15.6 Å². The zero-order chi connectivity index (χ0) is 23.0. The van der Waals surface area contributed by atoms with Crippen LogP contribution in [-0.2, 0) is 14.8 Å². The monoisotopic (exact) mass is 443 g/mol. The lowest BCUT2D eigenvalue weighted by Gasteiger charge is -2.19. The summed E-state index contributed by atoms with van der Waals surface area (Å²) >= 11 is 0. The summed E-state index contributed by atoms with van der Waals surface area (Å²) in [5.41, 5.74) is 0.428. The fourth-order valence-electron chi connectivity index (χ4n) is 3.94. The number of Topliss-reactive ketones (excluding diaryl/α,β-unsaturated/α-hetero) is 1. The number of nitrogens with one attached hydrogen (secondary N) is 2. The number of carbonyl (C=O) groups excluding carboxylic acids is 2. The van der Waals surface area contributed by atoms with E-state index in [2.05, 4.69) is 15.0 Å². The molecule has 2 atom stereocenters. The molecule has 1 aromatic heterocycles. The van der Waals surface area contributed by atoms with Crippen molar-refractivity contribution in [1.82, 2.24) is 15.0 Å². The first-order valence-corrected chi connectivity index (χ1v) is 11.7. The highest BCUT2D eigenvalue weighted by Crippen LogP contribution is 2.64. The Morgan fingerprint density at radius 3 is 2.26 bits per heavy atom. The van der Waals surface area contributed by atoms with Crippen LogP contribution in [0.15, 0.2) is 53.7 Å². The molecule has 0 unspecified atom stereocenters. The molecule has 1 aliphatic rings. The lowest BCUT2D eigenvalue weighted by atomic mass is 10.1. The molecule has 8 heteroatoms. The van der Waals surface area contributed by atoms with Crippen molar-refractivity contribution in [3.05, 3.63) is 59.8 Å². The maximum absolute atomic E-state index is 12.7. The molecule has 1 fully saturated rings. The number of hydrogen-bond donors (Lipinski definition) is 2. The number of carbonyl (C=O) groups is 2. The van der Waals surface area contributed by atoms with Gasteiger partial charge in [-0.3, -0.25) is 9.59 Å². The van der Waals surface area contributed by atoms with Crippen LogP contribution in [-0.4, -0.2) is 37.2 Å². The van der Waals surface area contributed by atoms with Gasteiger partial charge < -0.3 is 5.32 Å². The molecule has 1 saturated carbocycles. The van der Waals surface area contributed by atoms with Gasteiger partial charge in [0.05, 0.1) is 12.5 Å². The average Bonchev–Trinajstić information content (AvgIpc) is 3.27. The van der Waals surface area contributed by atoms with Gasteiger partial charge in [-0.25, -0.2) is 18.1 Å². The first kappa shape index (κ1) is 23.1. The maximum Gasteiger partial charge on any atom is 0.258 e. The number of ketones is 1. The van der Waals surface area contributed by atoms with E-state index in [0.717, 1.165) is 5.56 Å². The largest absolute Gasteiger partial charge is 0.348 e. The number of sulfonamides is 1. The number of pyridine rings is 1. The minimum Gasteiger partial charge on any atom is -0.348 e. The van der Waals surface area contributed by atoms with Gasteiger partial charge in [0.2, 0.25) is 5.91 Å². The number of rotatable bonds is 7. The molecule has 2 aromatic rings. The van der Waals surface area contributed by atoms with Crippen LogP contribution in [0.1, 0.15) is 56.5 Å². The van der Waals surface area contributed by atoms with E-state index in [-0.39, 0.29) is 40.5 Å². The van der Waals surface area contributed by atoms with Crippen LogP contribution >= 0.6 is 0 Å². The van der Waals surface area contributed by atoms with E-state index >= 15 is 0 Å². The summed E-state index contributed by atoms with van der Waals surface area (Å²) in [5, 5.41) is 2.69. The highest BCUT2D eigenvalue weighted by atomic mass is 32.2. The summed E-state index contributed by atoms with van der Waals surface area (Å²) in [5.74, 6) is -0.746. The molecule has 0 saturated heterocycles. The van der Waals surface area contributed by atoms with Crippen molar-refractivity contribution in [1.29, 1.82) is 0 Å². The van der Waals surface area contributed by atoms with Gasteiger partial charge in [0.15, 0.2) is 10.8 Å². The van der Waals surface area contributed by atoms with Gasteiger partial charge in [0, 0.05) is 23.2 Å². The molecule has 0 spiro atoms. The highest BCUT2D eigenvalue weighted by molar-refractivity contribution is 7.89. The van der Waals surface area contributed by atoms with Gasteiger partial charge in [-0.1, -0.05) is 50.2 Å². The third-order valence-corrected chi connectivity index (χ3v) is 7.14. The van der Waals surface area contributed by atoms with Crippen molar-refractivity contribution in [3.8, 4) is 0 Å². The van der Waals surface area contributed by atoms with Crippen molar-refractivity contribution in [2.45, 2.75) is 51.1 Å². The first-order valence-electron chi connectivity index (χ1n) is 10.2. The first-order chi connectivity index (χ1) is 14.3. The Morgan fingerprint density at radius 1 is 1.06 bits per heavy atom. The van der Waals surface area contributed by atoms with Crippen molar-refractivity contribution in [2.75, 3.05) is 6.54 Å². The van der Waals surface area contributed by atoms with Crippen molar-refractivity contribution < 1.29 is 18.0 Å². The van der Waals surface area contributed by atoms with E-state index in [0.29, 0.717) is 5.56 Å². The summed E-state index contributed by atoms with van der Waals surface area (Å²) in [4.78, 5) is 29.1. The number of nitrogens with zero attached hydrogens (tertiary/aromatic N) is 1. The van der Waals surface area contributed by atoms with Crippen LogP contribution in [0.2, 0.25) is 0 Å². The number of aromatic nitrogens is 1. The molecular weight excluding hydrogens is 414 g/mol. The Hall–Kier alpha value is -2.58. The Balaban J connectivity index is 1.67. The van der Waals surface area contributed by atoms with Crippen molar-refractivity contribution in [3.63, 3.8) is 0 Å². The smallest absolute Gasteiger partial charge is 0.258 e. The molecule has 2 N–H and O–H groups in total. The standard InChI is InChI=1S/C23H29N3O4S/c1-22(2,3)26-31(29,30)18-12-11-16(13-24-18)19-20(23(19,4)5)21(28)25-14-17(27)15-9-7-6-8-10-15/h6-13,19-20,26H,14H2,1-5H3,(H,25,28)/t19-,20+/m0/s1. The number of amides is 1. The summed E-state index contributed by atoms with van der Waals surface area (Å²) in [6.45, 7) is 9.18. The SMILES string of the molecule is CC(C)(C)NS(=O)(=O)c1ccc([C@H]2[C@H](C(=O)NCC(=O)c3ccccc3)C2(C)C)cn1. The second kappa shape index (κ2) is 8.16. The third kappa shape index (κ3) is 5.19. The summed E-state index contributed by atoms with van der Waals surface area (Å²) in [6, 6.07) is 12.0. The van der Waals surface area contributed by atoms with Crippen LogP contribution in [0.5, 0.6) is 0 Å². The molecule has 1 aliphatic carbocycles. The second-order valence-corrected chi connectivity index (χ2v) is 11.2. The predicted molar refractivity (Wildman–Crippen MR) is 118 cm³/mol. The molecular formula is C23H29N3O4S. The minimum atomic E-state index is -3.72. The minimum absolute atomic E-state index is 0.0564. The molecule has 3 rings (SSSR count). The van der Waals surface area contributed by atoms with Crippen molar-refractivity contribution in [2.24, 2.45) is 11.3 Å². The quantitative estimate of drug-likeness (QED) is 0.640. The van der Waals surface area contributed by atoms with Gasteiger partial charge in [0.1, 0.15) is 0 Å². The molecule has 166 valence electrons. The normalized spacial score (nSPS) is 20.2. The summed E-state index contributed by atoms with van der Waals surface area (Å²) in [6.07, 6.45) is 1.52. The predicted octanol–water partition coefficient (Wildman–Crippen LogP) is 2.90. The Bertz CT molecular complexity index is 1070.